The number of anilines is 1. The van der Waals surface area contributed by atoms with Crippen molar-refractivity contribution in [1.82, 2.24) is 25.0 Å². The Balaban J connectivity index is 1.27. The van der Waals surface area contributed by atoms with E-state index in [4.69, 9.17) is 4.74 Å². The van der Waals surface area contributed by atoms with Crippen LogP contribution in [0.1, 0.15) is 72.8 Å². The number of hydrogen-bond acceptors (Lipinski definition) is 7. The summed E-state index contributed by atoms with van der Waals surface area (Å²) in [6.07, 6.45) is 7.53. The topological polar surface area (TPSA) is 122 Å². The van der Waals surface area contributed by atoms with Crippen molar-refractivity contribution in [2.75, 3.05) is 11.9 Å². The molecule has 2 aliphatic rings. The summed E-state index contributed by atoms with van der Waals surface area (Å²) in [6.45, 7) is 5.80. The fraction of sp³-hybridized carbons (Fsp3) is 0.500. The number of fused-ring (bicyclic) bond motifs is 1. The molecule has 1 fully saturated rings. The number of carbonyl (C=O) groups is 2. The van der Waals surface area contributed by atoms with Crippen LogP contribution in [-0.2, 0) is 37.6 Å². The van der Waals surface area contributed by atoms with Gasteiger partial charge in [-0.2, -0.15) is 5.10 Å². The highest BCUT2D eigenvalue weighted by atomic mass is 16.6. The molecule has 0 spiro atoms. The molecule has 1 aliphatic heterocycles. The van der Waals surface area contributed by atoms with Crippen molar-refractivity contribution in [3.8, 4) is 0 Å². The van der Waals surface area contributed by atoms with Gasteiger partial charge in [0.2, 0.25) is 0 Å². The van der Waals surface area contributed by atoms with Gasteiger partial charge in [0.1, 0.15) is 11.4 Å². The maximum absolute atomic E-state index is 13.3. The summed E-state index contributed by atoms with van der Waals surface area (Å²) in [5.74, 6) is 0.374. The zero-order valence-electron chi connectivity index (χ0n) is 25.0. The third-order valence-corrected chi connectivity index (χ3v) is 8.06. The summed E-state index contributed by atoms with van der Waals surface area (Å²) in [4.78, 5) is 32.2. The monoisotopic (exact) mass is 574 g/mol. The zero-order chi connectivity index (χ0) is 29.9. The van der Waals surface area contributed by atoms with E-state index in [0.29, 0.717) is 30.4 Å². The van der Waals surface area contributed by atoms with E-state index in [2.05, 4.69) is 38.9 Å². The molecule has 3 heterocycles. The fourth-order valence-corrected chi connectivity index (χ4v) is 5.45. The Morgan fingerprint density at radius 3 is 2.60 bits per heavy atom. The Bertz CT molecular complexity index is 1410. The normalized spacial score (nSPS) is 17.6. The number of aliphatic hydroxyl groups is 1. The van der Waals surface area contributed by atoms with Crippen molar-refractivity contribution in [3.63, 3.8) is 0 Å². The number of ether oxygens (including phenoxy) is 1. The number of nitrogens with one attached hydrogen (secondary N) is 2. The van der Waals surface area contributed by atoms with Crippen molar-refractivity contribution in [2.45, 2.75) is 89.6 Å². The van der Waals surface area contributed by atoms with Gasteiger partial charge in [-0.1, -0.05) is 18.2 Å². The Morgan fingerprint density at radius 1 is 1.10 bits per heavy atom. The third-order valence-electron chi connectivity index (χ3n) is 8.06. The Labute approximate surface area is 247 Å². The highest BCUT2D eigenvalue weighted by molar-refractivity contribution is 5.94. The minimum Gasteiger partial charge on any atom is -0.444 e. The van der Waals surface area contributed by atoms with Gasteiger partial charge in [-0.15, -0.1) is 0 Å². The second kappa shape index (κ2) is 12.5. The number of carbonyl (C=O) groups excluding carboxylic acids is 2. The minimum atomic E-state index is -0.992. The van der Waals surface area contributed by atoms with Crippen LogP contribution in [0.2, 0.25) is 0 Å². The summed E-state index contributed by atoms with van der Waals surface area (Å²) >= 11 is 0. The summed E-state index contributed by atoms with van der Waals surface area (Å²) in [5.41, 5.74) is 4.24. The van der Waals surface area contributed by atoms with Crippen molar-refractivity contribution >= 4 is 17.8 Å². The van der Waals surface area contributed by atoms with Gasteiger partial charge in [-0.05, 0) is 94.2 Å². The van der Waals surface area contributed by atoms with Gasteiger partial charge in [0.05, 0.1) is 12.1 Å². The molecular weight excluding hydrogens is 532 g/mol. The van der Waals surface area contributed by atoms with Crippen LogP contribution in [0.4, 0.5) is 10.6 Å². The number of pyridine rings is 1. The van der Waals surface area contributed by atoms with E-state index in [9.17, 15) is 14.7 Å². The van der Waals surface area contributed by atoms with E-state index >= 15 is 0 Å². The fourth-order valence-electron chi connectivity index (χ4n) is 5.45. The van der Waals surface area contributed by atoms with Gasteiger partial charge in [-0.3, -0.25) is 14.4 Å². The van der Waals surface area contributed by atoms with E-state index in [1.54, 1.807) is 29.4 Å². The Morgan fingerprint density at radius 2 is 1.90 bits per heavy atom. The van der Waals surface area contributed by atoms with Crippen LogP contribution in [0.3, 0.4) is 0 Å². The molecule has 2 atom stereocenters. The number of aliphatic hydroxyl groups excluding tert-OH is 1. The molecule has 0 radical (unpaired) electrons. The number of amides is 2. The second-order valence-corrected chi connectivity index (χ2v) is 12.4. The molecule has 224 valence electrons. The Hall–Kier alpha value is -3.92. The summed E-state index contributed by atoms with van der Waals surface area (Å²) in [6, 6.07) is 11.6. The van der Waals surface area contributed by atoms with Gasteiger partial charge in [-0.25, -0.2) is 9.78 Å². The van der Waals surface area contributed by atoms with E-state index < -0.39 is 23.8 Å². The average molecular weight is 575 g/mol. The molecule has 0 saturated heterocycles. The second-order valence-electron chi connectivity index (χ2n) is 12.4. The van der Waals surface area contributed by atoms with E-state index in [-0.39, 0.29) is 12.5 Å². The maximum atomic E-state index is 13.3. The lowest BCUT2D eigenvalue weighted by Crippen LogP contribution is -2.54. The minimum absolute atomic E-state index is 0.00533. The van der Waals surface area contributed by atoms with Gasteiger partial charge < -0.3 is 20.5 Å². The van der Waals surface area contributed by atoms with Crippen molar-refractivity contribution in [1.29, 1.82) is 0 Å². The van der Waals surface area contributed by atoms with Crippen molar-refractivity contribution in [3.05, 3.63) is 76.7 Å². The quantitative estimate of drug-likeness (QED) is 0.353. The summed E-state index contributed by atoms with van der Waals surface area (Å²) in [7, 11) is 1.94. The number of hydrogen-bond donors (Lipinski definition) is 3. The van der Waals surface area contributed by atoms with Crippen LogP contribution in [-0.4, -0.2) is 67.1 Å². The van der Waals surface area contributed by atoms with Crippen LogP contribution in [0.15, 0.2) is 48.8 Å². The number of nitrogens with zero attached hydrogens (tertiary/aromatic N) is 4. The molecule has 2 amide bonds. The van der Waals surface area contributed by atoms with E-state index in [1.807, 2.05) is 38.6 Å². The van der Waals surface area contributed by atoms with Crippen molar-refractivity contribution < 1.29 is 19.4 Å². The molecule has 5 rings (SSSR count). The largest absolute Gasteiger partial charge is 0.444 e. The van der Waals surface area contributed by atoms with Crippen LogP contribution in [0.5, 0.6) is 0 Å². The Kier molecular flexibility index (Phi) is 8.82. The molecule has 42 heavy (non-hydrogen) atoms. The maximum Gasteiger partial charge on any atom is 0.410 e. The molecule has 1 aromatic carbocycles. The third kappa shape index (κ3) is 7.28. The molecular formula is C32H42N6O4. The summed E-state index contributed by atoms with van der Waals surface area (Å²) < 4.78 is 7.61. The van der Waals surface area contributed by atoms with E-state index in [0.717, 1.165) is 42.5 Å². The van der Waals surface area contributed by atoms with Gasteiger partial charge in [0, 0.05) is 49.8 Å². The first-order valence-corrected chi connectivity index (χ1v) is 14.8. The highest BCUT2D eigenvalue weighted by Crippen LogP contribution is 2.29. The predicted molar refractivity (Wildman–Crippen MR) is 160 cm³/mol. The van der Waals surface area contributed by atoms with Gasteiger partial charge in [0.25, 0.3) is 5.91 Å². The molecule has 0 bridgehead atoms. The van der Waals surface area contributed by atoms with Crippen LogP contribution in [0, 0.1) is 0 Å². The molecule has 10 nitrogen and oxygen atoms in total. The molecule has 0 unspecified atom stereocenters. The van der Waals surface area contributed by atoms with Gasteiger partial charge in [0.15, 0.2) is 0 Å². The summed E-state index contributed by atoms with van der Waals surface area (Å²) in [5, 5.41) is 21.8. The first-order valence-electron chi connectivity index (χ1n) is 14.8. The van der Waals surface area contributed by atoms with Crippen LogP contribution < -0.4 is 10.6 Å². The van der Waals surface area contributed by atoms with E-state index in [1.165, 1.54) is 12.0 Å². The standard InChI is InChI=1S/C32H42N6O4/c1-32(2,3)42-31(41)38-20-24-16-21(9-11-26-13-15-35-37(26)4)8-10-22(24)17-27(38)28(39)19-34-30(40)23-12-14-33-29(18-23)36-25-6-5-7-25/h8,10,12-16,18,25,27-28,39H,5-7,9,11,17,19-20H2,1-4H3,(H,33,36)(H,34,40)/t27-,28+/m0/s1. The lowest BCUT2D eigenvalue weighted by atomic mass is 9.89. The molecule has 2 aromatic heterocycles. The molecule has 1 aliphatic carbocycles. The predicted octanol–water partition coefficient (Wildman–Crippen LogP) is 4.02. The number of aromatic nitrogens is 3. The molecule has 10 heteroatoms. The van der Waals surface area contributed by atoms with Crippen LogP contribution in [0.25, 0.3) is 0 Å². The van der Waals surface area contributed by atoms with Crippen LogP contribution >= 0.6 is 0 Å². The lowest BCUT2D eigenvalue weighted by Gasteiger charge is -2.40. The zero-order valence-corrected chi connectivity index (χ0v) is 25.0. The van der Waals surface area contributed by atoms with Crippen molar-refractivity contribution in [2.24, 2.45) is 7.05 Å². The van der Waals surface area contributed by atoms with Gasteiger partial charge >= 0.3 is 6.09 Å². The molecule has 3 N–H and O–H groups in total. The average Bonchev–Trinajstić information content (AvgIpc) is 3.35. The molecule has 1 saturated carbocycles. The number of aryl methyl sites for hydroxylation is 3. The number of rotatable bonds is 9. The SMILES string of the molecule is Cn1nccc1CCc1ccc2c(c1)CN(C(=O)OC(C)(C)C)[C@H]([C@H](O)CNC(=O)c1ccnc(NC3CCC3)c1)C2. The number of benzene rings is 1. The molecule has 3 aromatic rings. The first kappa shape index (κ1) is 29.6. The lowest BCUT2D eigenvalue weighted by molar-refractivity contribution is -0.0113. The highest BCUT2D eigenvalue weighted by Gasteiger charge is 2.37. The first-order chi connectivity index (χ1) is 20.1. The smallest absolute Gasteiger partial charge is 0.410 e.